The summed E-state index contributed by atoms with van der Waals surface area (Å²) in [6.45, 7) is 0. The number of nitrogens with one attached hydrogen (secondary N) is 1. The lowest BCUT2D eigenvalue weighted by Crippen LogP contribution is -2.25. The molecular weight excluding hydrogens is 422 g/mol. The average Bonchev–Trinajstić information content (AvgIpc) is 3.56. The molecule has 0 saturated heterocycles. The number of amides is 1. The third kappa shape index (κ3) is 4.21. The van der Waals surface area contributed by atoms with Crippen molar-refractivity contribution in [2.24, 2.45) is 0 Å². The van der Waals surface area contributed by atoms with Gasteiger partial charge in [-0.25, -0.2) is 4.98 Å². The van der Waals surface area contributed by atoms with Gasteiger partial charge in [0.15, 0.2) is 0 Å². The number of benzene rings is 2. The van der Waals surface area contributed by atoms with E-state index in [2.05, 4.69) is 15.9 Å². The fraction of sp³-hybridized carbons (Fsp3) is 0.231. The molecule has 1 saturated carbocycles. The number of aryl methyl sites for hydroxylation is 1. The highest BCUT2D eigenvalue weighted by atomic mass is 35.5. The van der Waals surface area contributed by atoms with E-state index in [1.807, 2.05) is 60.7 Å². The monoisotopic (exact) mass is 445 g/mol. The van der Waals surface area contributed by atoms with Crippen molar-refractivity contribution in [3.05, 3.63) is 77.6 Å². The van der Waals surface area contributed by atoms with Crippen molar-refractivity contribution in [2.75, 3.05) is 7.11 Å². The predicted molar refractivity (Wildman–Crippen MR) is 127 cm³/mol. The Morgan fingerprint density at radius 3 is 2.56 bits per heavy atom. The molecule has 162 valence electrons. The predicted octanol–water partition coefficient (Wildman–Crippen LogP) is 5.54. The van der Waals surface area contributed by atoms with Crippen LogP contribution in [0.15, 0.2) is 66.9 Å². The molecule has 0 unspecified atom stereocenters. The third-order valence-electron chi connectivity index (χ3n) is 5.80. The number of rotatable bonds is 7. The number of nitrogens with zero attached hydrogens (tertiary/aromatic N) is 2. The van der Waals surface area contributed by atoms with Crippen LogP contribution in [0, 0.1) is 0 Å². The topological polar surface area (TPSA) is 55.6 Å². The van der Waals surface area contributed by atoms with Gasteiger partial charge in [0.1, 0.15) is 11.4 Å². The Morgan fingerprint density at radius 1 is 1.09 bits per heavy atom. The van der Waals surface area contributed by atoms with Gasteiger partial charge in [0.05, 0.1) is 18.5 Å². The van der Waals surface area contributed by atoms with E-state index in [-0.39, 0.29) is 5.91 Å². The molecule has 1 N–H and O–H groups in total. The number of methoxy groups -OCH3 is 1. The molecule has 0 atom stereocenters. The van der Waals surface area contributed by atoms with Gasteiger partial charge >= 0.3 is 0 Å². The Hall–Kier alpha value is -3.31. The number of aromatic nitrogens is 2. The molecule has 2 heterocycles. The fourth-order valence-corrected chi connectivity index (χ4v) is 4.17. The van der Waals surface area contributed by atoms with Gasteiger partial charge < -0.3 is 14.5 Å². The summed E-state index contributed by atoms with van der Waals surface area (Å²) in [5, 5.41) is 3.78. The van der Waals surface area contributed by atoms with Crippen LogP contribution in [-0.4, -0.2) is 28.4 Å². The van der Waals surface area contributed by atoms with Crippen LogP contribution in [-0.2, 0) is 11.2 Å². The van der Waals surface area contributed by atoms with E-state index in [0.717, 1.165) is 52.3 Å². The molecule has 2 aromatic carbocycles. The van der Waals surface area contributed by atoms with E-state index in [9.17, 15) is 4.79 Å². The summed E-state index contributed by atoms with van der Waals surface area (Å²) >= 11 is 6.45. The Balaban J connectivity index is 1.57. The van der Waals surface area contributed by atoms with Crippen LogP contribution in [0.2, 0.25) is 5.02 Å². The first-order valence-electron chi connectivity index (χ1n) is 10.8. The molecule has 4 aromatic rings. The van der Waals surface area contributed by atoms with Crippen molar-refractivity contribution < 1.29 is 9.53 Å². The number of fused-ring (bicyclic) bond motifs is 1. The second-order valence-corrected chi connectivity index (χ2v) is 8.51. The summed E-state index contributed by atoms with van der Waals surface area (Å²) in [5.41, 5.74) is 5.68. The van der Waals surface area contributed by atoms with Crippen LogP contribution in [0.1, 0.15) is 25.0 Å². The zero-order valence-corrected chi connectivity index (χ0v) is 18.6. The van der Waals surface area contributed by atoms with Gasteiger partial charge in [0.25, 0.3) is 0 Å². The summed E-state index contributed by atoms with van der Waals surface area (Å²) in [4.78, 5) is 17.3. The van der Waals surface area contributed by atoms with Crippen LogP contribution < -0.4 is 10.1 Å². The minimum absolute atomic E-state index is 0.0883. The summed E-state index contributed by atoms with van der Waals surface area (Å²) < 4.78 is 7.39. The molecule has 0 aliphatic heterocycles. The average molecular weight is 446 g/mol. The second-order valence-electron chi connectivity index (χ2n) is 8.10. The summed E-state index contributed by atoms with van der Waals surface area (Å²) in [5.74, 6) is 0.884. The molecule has 1 amide bonds. The van der Waals surface area contributed by atoms with Gasteiger partial charge in [-0.3, -0.25) is 4.79 Å². The standard InChI is InChI=1S/C26H24ClN3O2/c1-32-20-11-6-17(7-12-20)26-23(13-15-25(31)28-19-9-10-19)30-16-18(8-14-24(30)29-26)21-4-2-3-5-22(21)27/h2-8,11-12,14,16,19H,9-10,13,15H2,1H3,(H,28,31). The largest absolute Gasteiger partial charge is 0.497 e. The third-order valence-corrected chi connectivity index (χ3v) is 6.13. The Kier molecular flexibility index (Phi) is 5.58. The Labute approximate surface area is 192 Å². The van der Waals surface area contributed by atoms with E-state index in [1.54, 1.807) is 7.11 Å². The fourth-order valence-electron chi connectivity index (χ4n) is 3.93. The number of hydrogen-bond donors (Lipinski definition) is 1. The van der Waals surface area contributed by atoms with Crippen LogP contribution in [0.3, 0.4) is 0 Å². The Bertz CT molecular complexity index is 1280. The smallest absolute Gasteiger partial charge is 0.220 e. The first kappa shape index (κ1) is 20.6. The maximum Gasteiger partial charge on any atom is 0.220 e. The highest BCUT2D eigenvalue weighted by molar-refractivity contribution is 6.33. The maximum atomic E-state index is 12.4. The number of pyridine rings is 1. The molecule has 6 heteroatoms. The van der Waals surface area contributed by atoms with E-state index >= 15 is 0 Å². The molecular formula is C26H24ClN3O2. The van der Waals surface area contributed by atoms with Crippen LogP contribution >= 0.6 is 11.6 Å². The number of halogens is 1. The molecule has 2 aromatic heterocycles. The van der Waals surface area contributed by atoms with Gasteiger partial charge in [-0.05, 0) is 67.3 Å². The number of imidazole rings is 1. The lowest BCUT2D eigenvalue weighted by atomic mass is 10.1. The molecule has 0 radical (unpaired) electrons. The molecule has 5 nitrogen and oxygen atoms in total. The molecule has 1 aliphatic rings. The highest BCUT2D eigenvalue weighted by Crippen LogP contribution is 2.31. The van der Waals surface area contributed by atoms with Crippen molar-refractivity contribution in [1.82, 2.24) is 14.7 Å². The number of carbonyl (C=O) groups is 1. The van der Waals surface area contributed by atoms with Gasteiger partial charge in [-0.2, -0.15) is 0 Å². The zero-order valence-electron chi connectivity index (χ0n) is 17.8. The number of hydrogen-bond acceptors (Lipinski definition) is 3. The van der Waals surface area contributed by atoms with E-state index in [0.29, 0.717) is 23.9 Å². The van der Waals surface area contributed by atoms with Gasteiger partial charge in [0, 0.05) is 34.8 Å². The summed E-state index contributed by atoms with van der Waals surface area (Å²) in [6, 6.07) is 20.1. The minimum atomic E-state index is 0.0883. The van der Waals surface area contributed by atoms with Gasteiger partial charge in [-0.1, -0.05) is 29.8 Å². The van der Waals surface area contributed by atoms with Gasteiger partial charge in [-0.15, -0.1) is 0 Å². The van der Waals surface area contributed by atoms with Crippen LogP contribution in [0.5, 0.6) is 5.75 Å². The summed E-state index contributed by atoms with van der Waals surface area (Å²) in [7, 11) is 1.65. The first-order chi connectivity index (χ1) is 15.6. The van der Waals surface area contributed by atoms with Crippen molar-refractivity contribution in [3.63, 3.8) is 0 Å². The van der Waals surface area contributed by atoms with Crippen LogP contribution in [0.4, 0.5) is 0 Å². The number of carbonyl (C=O) groups excluding carboxylic acids is 1. The normalized spacial score (nSPS) is 13.3. The van der Waals surface area contributed by atoms with Crippen molar-refractivity contribution in [3.8, 4) is 28.1 Å². The van der Waals surface area contributed by atoms with Crippen molar-refractivity contribution in [1.29, 1.82) is 0 Å². The molecule has 1 fully saturated rings. The Morgan fingerprint density at radius 2 is 1.84 bits per heavy atom. The van der Waals surface area contributed by atoms with Crippen LogP contribution in [0.25, 0.3) is 28.0 Å². The van der Waals surface area contributed by atoms with E-state index in [4.69, 9.17) is 21.3 Å². The minimum Gasteiger partial charge on any atom is -0.497 e. The SMILES string of the molecule is COc1ccc(-c2nc3ccc(-c4ccccc4Cl)cn3c2CCC(=O)NC2CC2)cc1. The van der Waals surface area contributed by atoms with E-state index < -0.39 is 0 Å². The van der Waals surface area contributed by atoms with Gasteiger partial charge in [0.2, 0.25) is 5.91 Å². The maximum absolute atomic E-state index is 12.4. The van der Waals surface area contributed by atoms with E-state index in [1.165, 1.54) is 0 Å². The summed E-state index contributed by atoms with van der Waals surface area (Å²) in [6.07, 6.45) is 5.24. The first-order valence-corrected chi connectivity index (χ1v) is 11.2. The molecule has 1 aliphatic carbocycles. The molecule has 32 heavy (non-hydrogen) atoms. The highest BCUT2D eigenvalue weighted by Gasteiger charge is 2.23. The molecule has 0 spiro atoms. The van der Waals surface area contributed by atoms with Crippen molar-refractivity contribution in [2.45, 2.75) is 31.7 Å². The lowest BCUT2D eigenvalue weighted by molar-refractivity contribution is -0.121. The van der Waals surface area contributed by atoms with Crippen molar-refractivity contribution >= 4 is 23.2 Å². The molecule has 5 rings (SSSR count). The zero-order chi connectivity index (χ0) is 22.1. The second kappa shape index (κ2) is 8.67. The number of ether oxygens (including phenoxy) is 1. The lowest BCUT2D eigenvalue weighted by Gasteiger charge is -2.09. The molecule has 0 bridgehead atoms. The quantitative estimate of drug-likeness (QED) is 0.406.